The molecule has 4 rings (SSSR count). The van der Waals surface area contributed by atoms with E-state index >= 15 is 0 Å². The Hall–Kier alpha value is -2.90. The monoisotopic (exact) mass is 382 g/mol. The molecule has 7 heteroatoms. The van der Waals surface area contributed by atoms with E-state index in [1.54, 1.807) is 11.4 Å². The van der Waals surface area contributed by atoms with Crippen LogP contribution in [0.3, 0.4) is 0 Å². The number of anilines is 1. The zero-order valence-electron chi connectivity index (χ0n) is 13.7. The first kappa shape index (κ1) is 16.6. The van der Waals surface area contributed by atoms with Gasteiger partial charge in [-0.25, -0.2) is 4.79 Å². The molecule has 0 fully saturated rings. The van der Waals surface area contributed by atoms with Gasteiger partial charge in [-0.05, 0) is 30.0 Å². The van der Waals surface area contributed by atoms with Crippen LogP contribution < -0.4 is 5.32 Å². The SMILES string of the molecule is Cc1ccc(-c2csc(NC(=O)c3cc4sccc4[nH]3)c2C(=O)O)cc1. The van der Waals surface area contributed by atoms with E-state index in [0.29, 0.717) is 16.3 Å². The fourth-order valence-electron chi connectivity index (χ4n) is 2.75. The van der Waals surface area contributed by atoms with E-state index < -0.39 is 5.97 Å². The first-order chi connectivity index (χ1) is 12.5. The summed E-state index contributed by atoms with van der Waals surface area (Å²) in [4.78, 5) is 27.4. The van der Waals surface area contributed by atoms with Crippen molar-refractivity contribution in [3.63, 3.8) is 0 Å². The van der Waals surface area contributed by atoms with Gasteiger partial charge in [0, 0.05) is 10.9 Å². The lowest BCUT2D eigenvalue weighted by molar-refractivity contribution is 0.0699. The minimum Gasteiger partial charge on any atom is -0.478 e. The molecule has 0 saturated heterocycles. The molecule has 26 heavy (non-hydrogen) atoms. The first-order valence-electron chi connectivity index (χ1n) is 7.82. The van der Waals surface area contributed by atoms with Crippen LogP contribution in [0, 0.1) is 6.92 Å². The molecule has 130 valence electrons. The highest BCUT2D eigenvalue weighted by Crippen LogP contribution is 2.36. The van der Waals surface area contributed by atoms with Crippen molar-refractivity contribution in [1.82, 2.24) is 4.98 Å². The number of fused-ring (bicyclic) bond motifs is 1. The van der Waals surface area contributed by atoms with Crippen molar-refractivity contribution in [3.8, 4) is 11.1 Å². The fraction of sp³-hybridized carbons (Fsp3) is 0.0526. The summed E-state index contributed by atoms with van der Waals surface area (Å²) in [6.07, 6.45) is 0. The summed E-state index contributed by atoms with van der Waals surface area (Å²) in [7, 11) is 0. The van der Waals surface area contributed by atoms with Gasteiger partial charge in [0.1, 0.15) is 16.3 Å². The molecule has 3 heterocycles. The molecule has 0 unspecified atom stereocenters. The number of aromatic amines is 1. The van der Waals surface area contributed by atoms with E-state index in [-0.39, 0.29) is 11.5 Å². The van der Waals surface area contributed by atoms with Gasteiger partial charge in [-0.1, -0.05) is 29.8 Å². The maximum atomic E-state index is 12.5. The second-order valence-corrected chi connectivity index (χ2v) is 7.69. The number of hydrogen-bond donors (Lipinski definition) is 3. The number of thiophene rings is 2. The number of carbonyl (C=O) groups is 2. The Morgan fingerprint density at radius 1 is 1.12 bits per heavy atom. The van der Waals surface area contributed by atoms with Crippen molar-refractivity contribution in [1.29, 1.82) is 0 Å². The summed E-state index contributed by atoms with van der Waals surface area (Å²) in [5, 5.41) is 16.4. The van der Waals surface area contributed by atoms with Crippen LogP contribution in [0.4, 0.5) is 5.00 Å². The van der Waals surface area contributed by atoms with Crippen LogP contribution in [-0.2, 0) is 0 Å². The molecule has 0 bridgehead atoms. The Balaban J connectivity index is 1.68. The molecule has 0 atom stereocenters. The minimum atomic E-state index is -1.07. The number of rotatable bonds is 4. The average molecular weight is 382 g/mol. The third-order valence-corrected chi connectivity index (χ3v) is 5.84. The van der Waals surface area contributed by atoms with Crippen LogP contribution in [0.1, 0.15) is 26.4 Å². The van der Waals surface area contributed by atoms with Gasteiger partial charge >= 0.3 is 5.97 Å². The predicted octanol–water partition coefficient (Wildman–Crippen LogP) is 5.22. The third kappa shape index (κ3) is 2.91. The van der Waals surface area contributed by atoms with Gasteiger partial charge in [0.2, 0.25) is 0 Å². The smallest absolute Gasteiger partial charge is 0.339 e. The average Bonchev–Trinajstić information content (AvgIpc) is 3.29. The highest BCUT2D eigenvalue weighted by molar-refractivity contribution is 7.17. The largest absolute Gasteiger partial charge is 0.478 e. The van der Waals surface area contributed by atoms with Crippen molar-refractivity contribution in [3.05, 3.63) is 64.0 Å². The number of amides is 1. The summed E-state index contributed by atoms with van der Waals surface area (Å²) in [6.45, 7) is 1.97. The highest BCUT2D eigenvalue weighted by Gasteiger charge is 2.22. The molecule has 0 saturated carbocycles. The summed E-state index contributed by atoms with van der Waals surface area (Å²) in [5.74, 6) is -1.42. The number of aryl methyl sites for hydroxylation is 1. The standard InChI is InChI=1S/C19H14N2O3S2/c1-10-2-4-11(5-3-10)12-9-26-18(16(12)19(23)24)21-17(22)14-8-15-13(20-14)6-7-25-15/h2-9,20H,1H3,(H,21,22)(H,23,24). The Labute approximate surface area is 156 Å². The molecule has 0 spiro atoms. The van der Waals surface area contributed by atoms with Crippen LogP contribution in [0.15, 0.2) is 47.2 Å². The van der Waals surface area contributed by atoms with Crippen molar-refractivity contribution < 1.29 is 14.7 Å². The Kier molecular flexibility index (Phi) is 4.10. The van der Waals surface area contributed by atoms with E-state index in [0.717, 1.165) is 21.3 Å². The molecule has 4 aromatic rings. The van der Waals surface area contributed by atoms with Crippen molar-refractivity contribution in [2.45, 2.75) is 6.92 Å². The van der Waals surface area contributed by atoms with Crippen molar-refractivity contribution >= 4 is 49.8 Å². The molecule has 5 nitrogen and oxygen atoms in total. The molecule has 0 radical (unpaired) electrons. The molecular weight excluding hydrogens is 368 g/mol. The van der Waals surface area contributed by atoms with Gasteiger partial charge in [-0.3, -0.25) is 4.79 Å². The Bertz CT molecular complexity index is 1090. The number of hydrogen-bond acceptors (Lipinski definition) is 4. The van der Waals surface area contributed by atoms with Gasteiger partial charge in [0.25, 0.3) is 5.91 Å². The number of benzene rings is 1. The summed E-state index contributed by atoms with van der Waals surface area (Å²) in [6, 6.07) is 11.3. The predicted molar refractivity (Wildman–Crippen MR) is 106 cm³/mol. The maximum Gasteiger partial charge on any atom is 0.339 e. The number of carboxylic acids is 1. The second kappa shape index (κ2) is 6.44. The second-order valence-electron chi connectivity index (χ2n) is 5.86. The Morgan fingerprint density at radius 3 is 2.58 bits per heavy atom. The number of aromatic carboxylic acids is 1. The molecule has 3 aromatic heterocycles. The van der Waals surface area contributed by atoms with E-state index in [1.165, 1.54) is 22.7 Å². The molecule has 0 aliphatic rings. The van der Waals surface area contributed by atoms with Crippen LogP contribution in [0.25, 0.3) is 21.3 Å². The minimum absolute atomic E-state index is 0.112. The lowest BCUT2D eigenvalue weighted by atomic mass is 10.0. The number of nitrogens with one attached hydrogen (secondary N) is 2. The van der Waals surface area contributed by atoms with E-state index in [4.69, 9.17) is 0 Å². The molecule has 3 N–H and O–H groups in total. The molecule has 0 aliphatic carbocycles. The topological polar surface area (TPSA) is 82.2 Å². The zero-order valence-corrected chi connectivity index (χ0v) is 15.3. The van der Waals surface area contributed by atoms with Gasteiger partial charge in [0.15, 0.2) is 0 Å². The van der Waals surface area contributed by atoms with E-state index in [1.807, 2.05) is 42.6 Å². The lowest BCUT2D eigenvalue weighted by Gasteiger charge is -2.05. The number of H-pyrrole nitrogens is 1. The van der Waals surface area contributed by atoms with Gasteiger partial charge < -0.3 is 15.4 Å². The van der Waals surface area contributed by atoms with E-state index in [2.05, 4.69) is 10.3 Å². The quantitative estimate of drug-likeness (QED) is 0.453. The van der Waals surface area contributed by atoms with Crippen molar-refractivity contribution in [2.24, 2.45) is 0 Å². The molecular formula is C19H14N2O3S2. The maximum absolute atomic E-state index is 12.5. The van der Waals surface area contributed by atoms with Crippen LogP contribution >= 0.6 is 22.7 Å². The number of aromatic nitrogens is 1. The summed E-state index contributed by atoms with van der Waals surface area (Å²) >= 11 is 2.75. The molecule has 1 aromatic carbocycles. The number of carbonyl (C=O) groups excluding carboxylic acids is 1. The molecule has 0 aliphatic heterocycles. The number of carboxylic acid groups (broad SMARTS) is 1. The van der Waals surface area contributed by atoms with Gasteiger partial charge in [-0.2, -0.15) is 0 Å². The first-order valence-corrected chi connectivity index (χ1v) is 9.58. The molecule has 1 amide bonds. The third-order valence-electron chi connectivity index (χ3n) is 4.08. The van der Waals surface area contributed by atoms with Crippen LogP contribution in [0.5, 0.6) is 0 Å². The lowest BCUT2D eigenvalue weighted by Crippen LogP contribution is -2.13. The van der Waals surface area contributed by atoms with Crippen molar-refractivity contribution in [2.75, 3.05) is 5.32 Å². The highest BCUT2D eigenvalue weighted by atomic mass is 32.1. The summed E-state index contributed by atoms with van der Waals surface area (Å²) in [5.41, 5.74) is 3.93. The fourth-order valence-corrected chi connectivity index (χ4v) is 4.49. The van der Waals surface area contributed by atoms with Gasteiger partial charge in [-0.15, -0.1) is 22.7 Å². The van der Waals surface area contributed by atoms with Crippen LogP contribution in [0.2, 0.25) is 0 Å². The van der Waals surface area contributed by atoms with E-state index in [9.17, 15) is 14.7 Å². The normalized spacial score (nSPS) is 11.0. The van der Waals surface area contributed by atoms with Gasteiger partial charge in [0.05, 0.1) is 10.2 Å². The summed E-state index contributed by atoms with van der Waals surface area (Å²) < 4.78 is 0.986. The Morgan fingerprint density at radius 2 is 1.88 bits per heavy atom. The van der Waals surface area contributed by atoms with Crippen LogP contribution in [-0.4, -0.2) is 22.0 Å². The zero-order chi connectivity index (χ0) is 18.3.